The Morgan fingerprint density at radius 1 is 1.30 bits per heavy atom. The van der Waals surface area contributed by atoms with E-state index in [-0.39, 0.29) is 5.91 Å². The van der Waals surface area contributed by atoms with Crippen molar-refractivity contribution in [1.82, 2.24) is 4.90 Å². The number of hydrogen-bond acceptors (Lipinski definition) is 4. The van der Waals surface area contributed by atoms with Crippen LogP contribution in [0.5, 0.6) is 0 Å². The van der Waals surface area contributed by atoms with Gasteiger partial charge in [0.05, 0.1) is 23.6 Å². The molecule has 5 heteroatoms. The number of hydrogen-bond donors (Lipinski definition) is 1. The van der Waals surface area contributed by atoms with E-state index in [1.165, 1.54) is 0 Å². The first-order valence-corrected chi connectivity index (χ1v) is 7.06. The molecule has 2 N–H and O–H groups in total. The summed E-state index contributed by atoms with van der Waals surface area (Å²) < 4.78 is 5.85. The Hall–Kier alpha value is -1.75. The van der Waals surface area contributed by atoms with Gasteiger partial charge in [0.1, 0.15) is 0 Å². The molecule has 2 aliphatic heterocycles. The number of fused-ring (bicyclic) bond motifs is 2. The van der Waals surface area contributed by atoms with Crippen LogP contribution in [0.15, 0.2) is 18.2 Å². The number of amides is 1. The molecule has 2 aliphatic rings. The molecule has 2 atom stereocenters. The Kier molecular flexibility index (Phi) is 3.30. The lowest BCUT2D eigenvalue weighted by molar-refractivity contribution is 0.0305. The second-order valence-electron chi connectivity index (χ2n) is 5.84. The first-order valence-electron chi connectivity index (χ1n) is 7.06. The predicted octanol–water partition coefficient (Wildman–Crippen LogP) is 1.34. The molecule has 2 heterocycles. The molecule has 108 valence electrons. The van der Waals surface area contributed by atoms with Crippen molar-refractivity contribution in [2.75, 3.05) is 37.8 Å². The zero-order valence-corrected chi connectivity index (χ0v) is 12.0. The second-order valence-corrected chi connectivity index (χ2v) is 5.84. The fraction of sp³-hybridized carbons (Fsp3) is 0.533. The molecule has 3 rings (SSSR count). The van der Waals surface area contributed by atoms with Gasteiger partial charge in [-0.1, -0.05) is 0 Å². The summed E-state index contributed by atoms with van der Waals surface area (Å²) in [4.78, 5) is 15.9. The van der Waals surface area contributed by atoms with E-state index in [4.69, 9.17) is 10.5 Å². The Morgan fingerprint density at radius 2 is 1.95 bits per heavy atom. The van der Waals surface area contributed by atoms with Gasteiger partial charge in [-0.05, 0) is 31.0 Å². The Bertz CT molecular complexity index is 518. The third-order valence-corrected chi connectivity index (χ3v) is 4.07. The first kappa shape index (κ1) is 13.2. The number of benzene rings is 1. The Morgan fingerprint density at radius 3 is 2.55 bits per heavy atom. The molecule has 2 fully saturated rings. The van der Waals surface area contributed by atoms with Crippen molar-refractivity contribution in [3.05, 3.63) is 23.8 Å². The quantitative estimate of drug-likeness (QED) is 0.827. The van der Waals surface area contributed by atoms with E-state index in [0.717, 1.165) is 37.3 Å². The molecule has 2 unspecified atom stereocenters. The molecule has 2 bridgehead atoms. The molecule has 20 heavy (non-hydrogen) atoms. The molecular weight excluding hydrogens is 254 g/mol. The summed E-state index contributed by atoms with van der Waals surface area (Å²) >= 11 is 0. The van der Waals surface area contributed by atoms with Crippen molar-refractivity contribution >= 4 is 17.3 Å². The summed E-state index contributed by atoms with van der Waals surface area (Å²) in [7, 11) is 3.51. The smallest absolute Gasteiger partial charge is 0.253 e. The summed E-state index contributed by atoms with van der Waals surface area (Å²) in [6, 6.07) is 5.52. The fourth-order valence-electron chi connectivity index (χ4n) is 3.02. The van der Waals surface area contributed by atoms with Gasteiger partial charge in [-0.2, -0.15) is 0 Å². The third kappa shape index (κ3) is 2.33. The van der Waals surface area contributed by atoms with E-state index < -0.39 is 0 Å². The minimum absolute atomic E-state index is 0.00230. The van der Waals surface area contributed by atoms with Crippen molar-refractivity contribution in [2.45, 2.75) is 25.0 Å². The molecule has 0 radical (unpaired) electrons. The summed E-state index contributed by atoms with van der Waals surface area (Å²) in [5.74, 6) is 0.00230. The van der Waals surface area contributed by atoms with E-state index in [9.17, 15) is 4.79 Å². The van der Waals surface area contributed by atoms with Gasteiger partial charge in [0.15, 0.2) is 0 Å². The summed E-state index contributed by atoms with van der Waals surface area (Å²) in [5, 5.41) is 0. The van der Waals surface area contributed by atoms with E-state index in [0.29, 0.717) is 17.8 Å². The lowest BCUT2D eigenvalue weighted by Crippen LogP contribution is -2.43. The fourth-order valence-corrected chi connectivity index (χ4v) is 3.02. The maximum absolute atomic E-state index is 12.1. The zero-order chi connectivity index (χ0) is 14.3. The van der Waals surface area contributed by atoms with Crippen LogP contribution in [0.2, 0.25) is 0 Å². The molecule has 1 aromatic carbocycles. The van der Waals surface area contributed by atoms with E-state index in [1.54, 1.807) is 25.1 Å². The van der Waals surface area contributed by atoms with Gasteiger partial charge in [-0.15, -0.1) is 0 Å². The molecular formula is C15H21N3O2. The summed E-state index contributed by atoms with van der Waals surface area (Å²) in [6.07, 6.45) is 2.86. The number of nitrogens with two attached hydrogens (primary N) is 1. The topological polar surface area (TPSA) is 58.8 Å². The molecule has 2 saturated heterocycles. The van der Waals surface area contributed by atoms with Gasteiger partial charge in [0.2, 0.25) is 0 Å². The summed E-state index contributed by atoms with van der Waals surface area (Å²) in [5.41, 5.74) is 8.46. The molecule has 1 aromatic rings. The monoisotopic (exact) mass is 275 g/mol. The van der Waals surface area contributed by atoms with Crippen molar-refractivity contribution in [3.63, 3.8) is 0 Å². The highest BCUT2D eigenvalue weighted by atomic mass is 16.5. The minimum atomic E-state index is 0.00230. The van der Waals surface area contributed by atoms with E-state index in [1.807, 2.05) is 12.1 Å². The molecule has 0 saturated carbocycles. The van der Waals surface area contributed by atoms with Crippen LogP contribution in [0.1, 0.15) is 23.2 Å². The van der Waals surface area contributed by atoms with Crippen LogP contribution >= 0.6 is 0 Å². The SMILES string of the molecule is CN(C)C(=O)c1ccc(N)c(N2CC3CCC(C2)O3)c1. The average molecular weight is 275 g/mol. The normalized spacial score (nSPS) is 24.8. The van der Waals surface area contributed by atoms with Crippen LogP contribution in [0.3, 0.4) is 0 Å². The lowest BCUT2D eigenvalue weighted by Gasteiger charge is -2.34. The van der Waals surface area contributed by atoms with Gasteiger partial charge >= 0.3 is 0 Å². The standard InChI is InChI=1S/C15H21N3O2/c1-17(2)15(19)10-3-6-13(16)14(7-10)18-8-11-4-5-12(9-18)20-11/h3,6-7,11-12H,4-5,8-9,16H2,1-2H3. The van der Waals surface area contributed by atoms with Crippen molar-refractivity contribution in [3.8, 4) is 0 Å². The zero-order valence-electron chi connectivity index (χ0n) is 12.0. The predicted molar refractivity (Wildman–Crippen MR) is 79.0 cm³/mol. The van der Waals surface area contributed by atoms with Gasteiger partial charge < -0.3 is 20.3 Å². The maximum atomic E-state index is 12.1. The highest BCUT2D eigenvalue weighted by Crippen LogP contribution is 2.33. The Labute approximate surface area is 119 Å². The molecule has 0 aromatic heterocycles. The highest BCUT2D eigenvalue weighted by molar-refractivity contribution is 5.96. The second kappa shape index (κ2) is 4.98. The number of carbonyl (C=O) groups excluding carboxylic acids is 1. The van der Waals surface area contributed by atoms with Crippen molar-refractivity contribution in [2.24, 2.45) is 0 Å². The number of anilines is 2. The van der Waals surface area contributed by atoms with Crippen LogP contribution in [0.25, 0.3) is 0 Å². The van der Waals surface area contributed by atoms with Gasteiger partial charge in [-0.3, -0.25) is 4.79 Å². The number of rotatable bonds is 2. The van der Waals surface area contributed by atoms with Crippen LogP contribution in [0, 0.1) is 0 Å². The molecule has 0 aliphatic carbocycles. The van der Waals surface area contributed by atoms with Crippen LogP contribution in [-0.4, -0.2) is 50.2 Å². The lowest BCUT2D eigenvalue weighted by atomic mass is 10.1. The number of nitrogen functional groups attached to an aromatic ring is 1. The minimum Gasteiger partial charge on any atom is -0.397 e. The van der Waals surface area contributed by atoms with Crippen LogP contribution < -0.4 is 10.6 Å². The van der Waals surface area contributed by atoms with Crippen molar-refractivity contribution < 1.29 is 9.53 Å². The van der Waals surface area contributed by atoms with Crippen LogP contribution in [0.4, 0.5) is 11.4 Å². The third-order valence-electron chi connectivity index (χ3n) is 4.07. The number of carbonyl (C=O) groups is 1. The largest absolute Gasteiger partial charge is 0.397 e. The highest BCUT2D eigenvalue weighted by Gasteiger charge is 2.34. The van der Waals surface area contributed by atoms with E-state index in [2.05, 4.69) is 4.90 Å². The Balaban J connectivity index is 1.88. The maximum Gasteiger partial charge on any atom is 0.253 e. The van der Waals surface area contributed by atoms with Crippen molar-refractivity contribution in [1.29, 1.82) is 0 Å². The van der Waals surface area contributed by atoms with Gasteiger partial charge in [0.25, 0.3) is 5.91 Å². The van der Waals surface area contributed by atoms with Gasteiger partial charge in [0, 0.05) is 32.7 Å². The summed E-state index contributed by atoms with van der Waals surface area (Å²) in [6.45, 7) is 1.72. The number of morpholine rings is 1. The molecule has 1 amide bonds. The van der Waals surface area contributed by atoms with E-state index >= 15 is 0 Å². The molecule has 0 spiro atoms. The first-order chi connectivity index (χ1) is 9.54. The molecule has 5 nitrogen and oxygen atoms in total. The van der Waals surface area contributed by atoms with Gasteiger partial charge in [-0.25, -0.2) is 0 Å². The number of ether oxygens (including phenoxy) is 1. The average Bonchev–Trinajstić information content (AvgIpc) is 2.77. The van der Waals surface area contributed by atoms with Crippen LogP contribution in [-0.2, 0) is 4.74 Å². The number of nitrogens with zero attached hydrogens (tertiary/aromatic N) is 2.